The molecule has 0 amide bonds. The van der Waals surface area contributed by atoms with Gasteiger partial charge in [-0.25, -0.2) is 13.2 Å². The molecule has 3 rings (SSSR count). The van der Waals surface area contributed by atoms with Crippen molar-refractivity contribution in [3.05, 3.63) is 83.2 Å². The Morgan fingerprint density at radius 2 is 1.81 bits per heavy atom. The van der Waals surface area contributed by atoms with Crippen LogP contribution in [0, 0.1) is 5.82 Å². The van der Waals surface area contributed by atoms with Gasteiger partial charge in [-0.1, -0.05) is 36.4 Å². The van der Waals surface area contributed by atoms with Crippen LogP contribution >= 0.6 is 0 Å². The van der Waals surface area contributed by atoms with E-state index in [1.165, 1.54) is 4.90 Å². The largest absolute Gasteiger partial charge is 0.489 e. The molecule has 0 saturated carbocycles. The second-order valence-corrected chi connectivity index (χ2v) is 7.41. The molecule has 0 heterocycles. The van der Waals surface area contributed by atoms with Gasteiger partial charge in [0.1, 0.15) is 24.5 Å². The number of carbonyl (C=O) groups excluding carboxylic acids is 1. The van der Waals surface area contributed by atoms with Crippen LogP contribution in [0.1, 0.15) is 16.7 Å². The standard InChI is InChI=1S/C25H25F3N2O2/c1-30(15-24(26)27)21-12-17(16-32-23-8-3-2-5-18(23)9-10-31)11-20(13-21)22-7-4-6-19(14-29)25(22)28/h2-8,10-13,24H,9,14-16,29H2,1H3. The van der Waals surface area contributed by atoms with Gasteiger partial charge in [-0.3, -0.25) is 0 Å². The highest BCUT2D eigenvalue weighted by atomic mass is 19.3. The SMILES string of the molecule is CN(CC(F)F)c1cc(COc2ccccc2CC=O)cc(-c2cccc(CN)c2F)c1. The summed E-state index contributed by atoms with van der Waals surface area (Å²) >= 11 is 0. The fourth-order valence-corrected chi connectivity index (χ4v) is 3.47. The summed E-state index contributed by atoms with van der Waals surface area (Å²) < 4.78 is 46.8. The number of benzene rings is 3. The summed E-state index contributed by atoms with van der Waals surface area (Å²) in [5, 5.41) is 0. The Kier molecular flexibility index (Phi) is 7.89. The molecule has 0 saturated heterocycles. The lowest BCUT2D eigenvalue weighted by atomic mass is 9.99. The van der Waals surface area contributed by atoms with E-state index in [0.29, 0.717) is 33.7 Å². The summed E-state index contributed by atoms with van der Waals surface area (Å²) in [6, 6.07) is 17.3. The Bertz CT molecular complexity index is 1070. The molecule has 0 atom stereocenters. The van der Waals surface area contributed by atoms with E-state index in [2.05, 4.69) is 0 Å². The molecule has 4 nitrogen and oxygen atoms in total. The number of nitrogens with two attached hydrogens (primary N) is 1. The monoisotopic (exact) mass is 442 g/mol. The molecule has 0 aliphatic heterocycles. The second-order valence-electron chi connectivity index (χ2n) is 7.41. The number of hydrogen-bond acceptors (Lipinski definition) is 4. The van der Waals surface area contributed by atoms with E-state index in [9.17, 15) is 18.0 Å². The molecule has 0 radical (unpaired) electrons. The van der Waals surface area contributed by atoms with Gasteiger partial charge in [0, 0.05) is 42.4 Å². The van der Waals surface area contributed by atoms with E-state index in [0.717, 1.165) is 11.8 Å². The lowest BCUT2D eigenvalue weighted by Gasteiger charge is -2.21. The van der Waals surface area contributed by atoms with Crippen molar-refractivity contribution in [3.8, 4) is 16.9 Å². The first-order valence-electron chi connectivity index (χ1n) is 10.2. The third-order valence-electron chi connectivity index (χ3n) is 5.11. The van der Waals surface area contributed by atoms with Gasteiger partial charge in [-0.2, -0.15) is 0 Å². The minimum atomic E-state index is -2.52. The van der Waals surface area contributed by atoms with E-state index in [1.54, 1.807) is 61.6 Å². The first-order chi connectivity index (χ1) is 15.4. The zero-order chi connectivity index (χ0) is 23.1. The summed E-state index contributed by atoms with van der Waals surface area (Å²) in [5.41, 5.74) is 8.82. The highest BCUT2D eigenvalue weighted by Gasteiger charge is 2.15. The van der Waals surface area contributed by atoms with E-state index in [4.69, 9.17) is 10.5 Å². The first-order valence-corrected chi connectivity index (χ1v) is 10.2. The number of para-hydroxylation sites is 1. The van der Waals surface area contributed by atoms with Crippen molar-refractivity contribution in [3.63, 3.8) is 0 Å². The van der Waals surface area contributed by atoms with Crippen LogP contribution in [0.15, 0.2) is 60.7 Å². The van der Waals surface area contributed by atoms with Gasteiger partial charge in [-0.05, 0) is 35.4 Å². The maximum atomic E-state index is 14.9. The van der Waals surface area contributed by atoms with Gasteiger partial charge in [0.25, 0.3) is 6.43 Å². The van der Waals surface area contributed by atoms with Crippen LogP contribution in [-0.4, -0.2) is 26.3 Å². The number of hydrogen-bond donors (Lipinski definition) is 1. The number of anilines is 1. The van der Waals surface area contributed by atoms with Crippen LogP contribution in [0.3, 0.4) is 0 Å². The van der Waals surface area contributed by atoms with Crippen molar-refractivity contribution in [2.45, 2.75) is 26.0 Å². The van der Waals surface area contributed by atoms with Gasteiger partial charge in [0.15, 0.2) is 0 Å². The third-order valence-corrected chi connectivity index (χ3v) is 5.11. The smallest absolute Gasteiger partial charge is 0.255 e. The Morgan fingerprint density at radius 3 is 2.53 bits per heavy atom. The Balaban J connectivity index is 1.98. The molecule has 0 fully saturated rings. The van der Waals surface area contributed by atoms with Crippen molar-refractivity contribution in [1.29, 1.82) is 0 Å². The molecule has 0 spiro atoms. The molecular formula is C25H25F3N2O2. The second kappa shape index (κ2) is 10.8. The average Bonchev–Trinajstić information content (AvgIpc) is 2.78. The van der Waals surface area contributed by atoms with Gasteiger partial charge in [-0.15, -0.1) is 0 Å². The number of carbonyl (C=O) groups is 1. The zero-order valence-electron chi connectivity index (χ0n) is 17.7. The molecular weight excluding hydrogens is 417 g/mol. The summed E-state index contributed by atoms with van der Waals surface area (Å²) in [4.78, 5) is 12.3. The van der Waals surface area contributed by atoms with Gasteiger partial charge >= 0.3 is 0 Å². The average molecular weight is 442 g/mol. The number of ether oxygens (including phenoxy) is 1. The van der Waals surface area contributed by atoms with E-state index < -0.39 is 18.8 Å². The normalized spacial score (nSPS) is 10.9. The molecule has 0 aromatic heterocycles. The fraction of sp³-hybridized carbons (Fsp3) is 0.240. The highest BCUT2D eigenvalue weighted by Crippen LogP contribution is 2.31. The molecule has 0 aliphatic rings. The molecule has 0 unspecified atom stereocenters. The number of rotatable bonds is 10. The van der Waals surface area contributed by atoms with E-state index in [1.807, 2.05) is 6.07 Å². The molecule has 32 heavy (non-hydrogen) atoms. The van der Waals surface area contributed by atoms with Gasteiger partial charge < -0.3 is 20.2 Å². The minimum Gasteiger partial charge on any atom is -0.489 e. The van der Waals surface area contributed by atoms with E-state index >= 15 is 0 Å². The summed E-state index contributed by atoms with van der Waals surface area (Å²) in [7, 11) is 1.56. The molecule has 3 aromatic rings. The number of aldehydes is 1. The van der Waals surface area contributed by atoms with Crippen molar-refractivity contribution < 1.29 is 22.7 Å². The lowest BCUT2D eigenvalue weighted by molar-refractivity contribution is -0.107. The zero-order valence-corrected chi connectivity index (χ0v) is 17.7. The quantitative estimate of drug-likeness (QED) is 0.451. The summed E-state index contributed by atoms with van der Waals surface area (Å²) in [6.07, 6.45) is -1.50. The number of alkyl halides is 2. The minimum absolute atomic E-state index is 0.0497. The van der Waals surface area contributed by atoms with Crippen LogP contribution in [0.4, 0.5) is 18.9 Å². The maximum Gasteiger partial charge on any atom is 0.255 e. The molecule has 3 aromatic carbocycles. The summed E-state index contributed by atoms with van der Waals surface area (Å²) in [6.45, 7) is -0.289. The molecule has 0 bridgehead atoms. The fourth-order valence-electron chi connectivity index (χ4n) is 3.47. The van der Waals surface area contributed by atoms with Crippen LogP contribution in [0.25, 0.3) is 11.1 Å². The Morgan fingerprint density at radius 1 is 1.06 bits per heavy atom. The molecule has 2 N–H and O–H groups in total. The summed E-state index contributed by atoms with van der Waals surface area (Å²) in [5.74, 6) is 0.121. The van der Waals surface area contributed by atoms with Gasteiger partial charge in [0.05, 0.1) is 6.54 Å². The lowest BCUT2D eigenvalue weighted by Crippen LogP contribution is -2.24. The Hall–Kier alpha value is -3.32. The first kappa shape index (κ1) is 23.3. The van der Waals surface area contributed by atoms with Crippen LogP contribution in [0.5, 0.6) is 5.75 Å². The van der Waals surface area contributed by atoms with Crippen molar-refractivity contribution in [2.24, 2.45) is 5.73 Å². The number of halogens is 3. The maximum absolute atomic E-state index is 14.9. The van der Waals surface area contributed by atoms with Gasteiger partial charge in [0.2, 0.25) is 0 Å². The highest BCUT2D eigenvalue weighted by molar-refractivity contribution is 5.71. The van der Waals surface area contributed by atoms with Crippen LogP contribution in [0.2, 0.25) is 0 Å². The third kappa shape index (κ3) is 5.68. The van der Waals surface area contributed by atoms with Crippen LogP contribution in [-0.2, 0) is 24.4 Å². The predicted molar refractivity (Wildman–Crippen MR) is 120 cm³/mol. The molecule has 7 heteroatoms. The Labute approximate surface area is 185 Å². The van der Waals surface area contributed by atoms with E-state index in [-0.39, 0.29) is 19.6 Å². The van der Waals surface area contributed by atoms with Crippen molar-refractivity contribution in [1.82, 2.24) is 0 Å². The number of nitrogens with zero attached hydrogens (tertiary/aromatic N) is 1. The predicted octanol–water partition coefficient (Wildman–Crippen LogP) is 4.97. The molecule has 0 aliphatic carbocycles. The van der Waals surface area contributed by atoms with Crippen molar-refractivity contribution in [2.75, 3.05) is 18.5 Å². The van der Waals surface area contributed by atoms with Crippen LogP contribution < -0.4 is 15.4 Å². The topological polar surface area (TPSA) is 55.6 Å². The molecule has 168 valence electrons. The van der Waals surface area contributed by atoms with Crippen molar-refractivity contribution >= 4 is 12.0 Å².